The number of aryl methyl sites for hydroxylation is 2. The van der Waals surface area contributed by atoms with Crippen LogP contribution in [0.1, 0.15) is 41.4 Å². The van der Waals surface area contributed by atoms with E-state index in [2.05, 4.69) is 15.2 Å². The molecule has 8 nitrogen and oxygen atoms in total. The monoisotopic (exact) mass is 452 g/mol. The van der Waals surface area contributed by atoms with E-state index in [9.17, 15) is 13.2 Å². The van der Waals surface area contributed by atoms with E-state index in [1.165, 1.54) is 23.1 Å². The third-order valence-electron chi connectivity index (χ3n) is 5.40. The largest absolute Gasteiger partial charge is 0.416 e. The Morgan fingerprint density at radius 3 is 2.97 bits per heavy atom. The summed E-state index contributed by atoms with van der Waals surface area (Å²) in [7, 11) is -2.91. The van der Waals surface area contributed by atoms with Gasteiger partial charge >= 0.3 is 0 Å². The van der Waals surface area contributed by atoms with E-state index in [-0.39, 0.29) is 23.0 Å². The van der Waals surface area contributed by atoms with Crippen molar-refractivity contribution < 1.29 is 12.8 Å². The van der Waals surface area contributed by atoms with E-state index in [0.29, 0.717) is 35.4 Å². The van der Waals surface area contributed by atoms with E-state index in [1.807, 2.05) is 0 Å². The van der Waals surface area contributed by atoms with Crippen LogP contribution < -0.4 is 5.56 Å². The molecule has 3 aromatic rings. The van der Waals surface area contributed by atoms with Gasteiger partial charge in [-0.3, -0.25) is 9.20 Å². The second-order valence-electron chi connectivity index (χ2n) is 7.61. The van der Waals surface area contributed by atoms with Crippen LogP contribution in [0, 0.1) is 5.92 Å². The first-order valence-corrected chi connectivity index (χ1v) is 13.3. The fraction of sp³-hybridized carbons (Fsp3) is 0.556. The highest BCUT2D eigenvalue weighted by Crippen LogP contribution is 2.29. The van der Waals surface area contributed by atoms with Crippen LogP contribution in [-0.4, -0.2) is 39.5 Å². The molecule has 1 aliphatic heterocycles. The van der Waals surface area contributed by atoms with Crippen molar-refractivity contribution in [3.8, 4) is 0 Å². The normalized spacial score (nSPS) is 20.9. The van der Waals surface area contributed by atoms with Crippen molar-refractivity contribution in [2.45, 2.75) is 49.5 Å². The molecule has 29 heavy (non-hydrogen) atoms. The lowest BCUT2D eigenvalue weighted by Gasteiger charge is -2.09. The number of rotatable bonds is 5. The number of fused-ring (bicyclic) bond motifs is 3. The lowest BCUT2D eigenvalue weighted by Crippen LogP contribution is -2.17. The minimum atomic E-state index is -2.91. The third-order valence-corrected chi connectivity index (χ3v) is 9.23. The minimum Gasteiger partial charge on any atom is -0.416 e. The van der Waals surface area contributed by atoms with Gasteiger partial charge in [-0.25, -0.2) is 13.4 Å². The molecule has 0 radical (unpaired) electrons. The number of thiazole rings is 1. The molecule has 0 bridgehead atoms. The van der Waals surface area contributed by atoms with Crippen molar-refractivity contribution in [1.82, 2.24) is 19.6 Å². The number of hydrogen-bond acceptors (Lipinski definition) is 9. The van der Waals surface area contributed by atoms with Crippen LogP contribution in [0.5, 0.6) is 0 Å². The average Bonchev–Trinajstić information content (AvgIpc) is 3.36. The van der Waals surface area contributed by atoms with Crippen molar-refractivity contribution in [2.75, 3.05) is 11.5 Å². The highest BCUT2D eigenvalue weighted by atomic mass is 32.2. The van der Waals surface area contributed by atoms with Gasteiger partial charge in [0, 0.05) is 28.8 Å². The van der Waals surface area contributed by atoms with Crippen LogP contribution in [0.3, 0.4) is 0 Å². The Morgan fingerprint density at radius 1 is 1.28 bits per heavy atom. The zero-order chi connectivity index (χ0) is 20.0. The summed E-state index contributed by atoms with van der Waals surface area (Å²) in [6, 6.07) is 1.59. The fourth-order valence-corrected chi connectivity index (χ4v) is 7.78. The molecule has 0 unspecified atom stereocenters. The highest BCUT2D eigenvalue weighted by Gasteiger charge is 2.29. The summed E-state index contributed by atoms with van der Waals surface area (Å²) in [5.41, 5.74) is 1.79. The molecule has 0 spiro atoms. The zero-order valence-corrected chi connectivity index (χ0v) is 18.1. The van der Waals surface area contributed by atoms with E-state index in [0.717, 1.165) is 29.9 Å². The Morgan fingerprint density at radius 2 is 2.14 bits per heavy atom. The molecule has 1 fully saturated rings. The quantitative estimate of drug-likeness (QED) is 0.543. The van der Waals surface area contributed by atoms with E-state index in [1.54, 1.807) is 21.8 Å². The Kier molecular flexibility index (Phi) is 4.99. The minimum absolute atomic E-state index is 0.0290. The van der Waals surface area contributed by atoms with Crippen molar-refractivity contribution in [3.63, 3.8) is 0 Å². The van der Waals surface area contributed by atoms with Crippen molar-refractivity contribution in [3.05, 3.63) is 38.6 Å². The molecule has 154 valence electrons. The summed E-state index contributed by atoms with van der Waals surface area (Å²) in [6.07, 6.45) is 5.39. The predicted molar refractivity (Wildman–Crippen MR) is 110 cm³/mol. The first kappa shape index (κ1) is 19.3. The molecule has 0 amide bonds. The molecule has 5 rings (SSSR count). The van der Waals surface area contributed by atoms with Crippen molar-refractivity contribution >= 4 is 37.9 Å². The number of aromatic nitrogens is 4. The van der Waals surface area contributed by atoms with Crippen LogP contribution >= 0.6 is 23.1 Å². The molecule has 11 heteroatoms. The molecule has 1 saturated heterocycles. The van der Waals surface area contributed by atoms with Crippen LogP contribution in [0.4, 0.5) is 0 Å². The summed E-state index contributed by atoms with van der Waals surface area (Å²) < 4.78 is 30.6. The molecule has 0 saturated carbocycles. The molecular formula is C18H20N4O4S3. The molecule has 1 atom stereocenters. The summed E-state index contributed by atoms with van der Waals surface area (Å²) in [5, 5.41) is 8.48. The van der Waals surface area contributed by atoms with Gasteiger partial charge in [0.05, 0.1) is 17.2 Å². The molecule has 4 heterocycles. The number of sulfone groups is 1. The summed E-state index contributed by atoms with van der Waals surface area (Å²) in [4.78, 5) is 19.3. The molecule has 3 aromatic heterocycles. The maximum absolute atomic E-state index is 12.6. The van der Waals surface area contributed by atoms with Crippen LogP contribution in [0.25, 0.3) is 4.96 Å². The average molecular weight is 453 g/mol. The van der Waals surface area contributed by atoms with E-state index < -0.39 is 9.84 Å². The van der Waals surface area contributed by atoms with Crippen LogP contribution in [0.2, 0.25) is 0 Å². The fourth-order valence-electron chi connectivity index (χ4n) is 4.01. The summed E-state index contributed by atoms with van der Waals surface area (Å²) in [6.45, 7) is 0. The van der Waals surface area contributed by atoms with Crippen LogP contribution in [0.15, 0.2) is 20.5 Å². The second-order valence-corrected chi connectivity index (χ2v) is 11.8. The molecular weight excluding hydrogens is 432 g/mol. The number of nitrogens with zero attached hydrogens (tertiary/aromatic N) is 4. The van der Waals surface area contributed by atoms with Gasteiger partial charge < -0.3 is 4.42 Å². The molecule has 2 aliphatic rings. The Labute approximate surface area is 175 Å². The van der Waals surface area contributed by atoms with Gasteiger partial charge in [-0.2, -0.15) is 0 Å². The summed E-state index contributed by atoms with van der Waals surface area (Å²) in [5.74, 6) is 1.41. The smallest absolute Gasteiger partial charge is 0.276 e. The van der Waals surface area contributed by atoms with E-state index >= 15 is 0 Å². The van der Waals surface area contributed by atoms with Gasteiger partial charge in [-0.05, 0) is 38.0 Å². The third kappa shape index (κ3) is 3.99. The maximum atomic E-state index is 12.6. The Bertz CT molecular complexity index is 1230. The first-order valence-electron chi connectivity index (χ1n) is 9.66. The van der Waals surface area contributed by atoms with Crippen molar-refractivity contribution in [2.24, 2.45) is 5.92 Å². The Hall–Kier alpha value is -1.72. The van der Waals surface area contributed by atoms with Gasteiger partial charge in [0.1, 0.15) is 0 Å². The van der Waals surface area contributed by atoms with Gasteiger partial charge in [-0.15, -0.1) is 21.5 Å². The number of hydrogen-bond donors (Lipinski definition) is 0. The van der Waals surface area contributed by atoms with E-state index in [4.69, 9.17) is 4.42 Å². The lowest BCUT2D eigenvalue weighted by molar-refractivity contribution is 0.389. The standard InChI is InChI=1S/C18H20N4O4S3/c23-16-8-12(19-17-22(16)13-3-1-2-4-14(13)28-17)9-27-18-21-20-15(26-18)7-11-5-6-29(24,25)10-11/h8,11H,1-7,9-10H2/t11-/m0/s1. The van der Waals surface area contributed by atoms with Crippen molar-refractivity contribution in [1.29, 1.82) is 0 Å². The highest BCUT2D eigenvalue weighted by molar-refractivity contribution is 7.98. The summed E-state index contributed by atoms with van der Waals surface area (Å²) >= 11 is 2.95. The topological polar surface area (TPSA) is 107 Å². The second kappa shape index (κ2) is 7.51. The van der Waals surface area contributed by atoms with Crippen LogP contribution in [-0.2, 0) is 34.9 Å². The molecule has 0 N–H and O–H groups in total. The number of thioether (sulfide) groups is 1. The maximum Gasteiger partial charge on any atom is 0.276 e. The Balaban J connectivity index is 1.27. The SMILES string of the molecule is O=c1cc(CSc2nnc(C[C@@H]3CCS(=O)(=O)C3)o2)nc2sc3c(n12)CCCC3. The predicted octanol–water partition coefficient (Wildman–Crippen LogP) is 2.29. The van der Waals surface area contributed by atoms with Gasteiger partial charge in [0.2, 0.25) is 5.89 Å². The first-order chi connectivity index (χ1) is 14.0. The van der Waals surface area contributed by atoms with Gasteiger partial charge in [-0.1, -0.05) is 11.8 Å². The zero-order valence-electron chi connectivity index (χ0n) is 15.7. The molecule has 1 aliphatic carbocycles. The lowest BCUT2D eigenvalue weighted by atomic mass is 10.0. The molecule has 0 aromatic carbocycles. The van der Waals surface area contributed by atoms with Gasteiger partial charge in [0.15, 0.2) is 14.8 Å². The van der Waals surface area contributed by atoms with Gasteiger partial charge in [0.25, 0.3) is 10.8 Å².